The summed E-state index contributed by atoms with van der Waals surface area (Å²) in [4.78, 5) is 22.0. The third-order valence-corrected chi connectivity index (χ3v) is 7.55. The van der Waals surface area contributed by atoms with Gasteiger partial charge in [-0.15, -0.1) is 0 Å². The molecule has 2 fully saturated rings. The van der Waals surface area contributed by atoms with E-state index in [1.54, 1.807) is 21.1 Å². The van der Waals surface area contributed by atoms with Crippen molar-refractivity contribution in [2.75, 3.05) is 32.8 Å². The first-order chi connectivity index (χ1) is 21.5. The molecule has 0 aliphatic heterocycles. The summed E-state index contributed by atoms with van der Waals surface area (Å²) in [6.07, 6.45) is 11.0. The lowest BCUT2D eigenvalue weighted by Crippen LogP contribution is -2.15. The van der Waals surface area contributed by atoms with Crippen LogP contribution in [0.25, 0.3) is 0 Å². The van der Waals surface area contributed by atoms with Gasteiger partial charge in [0, 0.05) is 35.5 Å². The standard InChI is InChI=1S/C22H26ClNO3.C7H14O.C4H8O2.C4H8/c1-5-20(25)24-21-17(11-15(23)12-18(21)14-9-10-14)13(2)16-7-6-8-19(26-3)22(16)27-4;1-4-5-6-8-7(2)3;1-3-6-4(2)5;1-2-4-3-1/h6-8,11-14H,5,9-10H2,1-4H3,(H,24,25);2,4-6H2,1,3H3;3H2,1-2H3;1-4H2/t13-;;;/m1.../s1. The van der Waals surface area contributed by atoms with Gasteiger partial charge in [0.15, 0.2) is 11.5 Å². The molecular weight excluding hydrogens is 590 g/mol. The average molecular weight is 646 g/mol. The first-order valence-electron chi connectivity index (χ1n) is 16.3. The molecule has 252 valence electrons. The van der Waals surface area contributed by atoms with Crippen LogP contribution in [0.4, 0.5) is 5.69 Å². The monoisotopic (exact) mass is 645 g/mol. The molecule has 0 aromatic heterocycles. The Hall–Kier alpha value is -3.19. The fraction of sp³-hybridized carbons (Fsp3) is 0.568. The molecule has 1 N–H and O–H groups in total. The largest absolute Gasteiger partial charge is 0.499 e. The van der Waals surface area contributed by atoms with Crippen LogP contribution in [0.5, 0.6) is 11.5 Å². The van der Waals surface area contributed by atoms with Crippen molar-refractivity contribution in [2.24, 2.45) is 0 Å². The van der Waals surface area contributed by atoms with Gasteiger partial charge in [-0.2, -0.15) is 0 Å². The van der Waals surface area contributed by atoms with E-state index < -0.39 is 0 Å². The van der Waals surface area contributed by atoms with E-state index in [1.165, 1.54) is 39.0 Å². The second kappa shape index (κ2) is 22.3. The summed E-state index contributed by atoms with van der Waals surface area (Å²) in [7, 11) is 3.27. The second-order valence-electron chi connectivity index (χ2n) is 11.2. The summed E-state index contributed by atoms with van der Waals surface area (Å²) >= 11 is 6.46. The highest BCUT2D eigenvalue weighted by Crippen LogP contribution is 2.48. The molecule has 45 heavy (non-hydrogen) atoms. The van der Waals surface area contributed by atoms with Crippen LogP contribution in [0.15, 0.2) is 42.7 Å². The highest BCUT2D eigenvalue weighted by Gasteiger charge is 2.30. The molecule has 1 amide bonds. The summed E-state index contributed by atoms with van der Waals surface area (Å²) in [5.41, 5.74) is 4.02. The highest BCUT2D eigenvalue weighted by molar-refractivity contribution is 6.31. The number of para-hydroxylation sites is 1. The maximum atomic E-state index is 12.2. The van der Waals surface area contributed by atoms with Crippen molar-refractivity contribution < 1.29 is 28.5 Å². The molecule has 2 aromatic carbocycles. The molecule has 4 rings (SSSR count). The van der Waals surface area contributed by atoms with Gasteiger partial charge in [0.25, 0.3) is 0 Å². The van der Waals surface area contributed by atoms with E-state index in [-0.39, 0.29) is 17.8 Å². The maximum absolute atomic E-state index is 12.2. The predicted octanol–water partition coefficient (Wildman–Crippen LogP) is 10.2. The molecule has 0 radical (unpaired) electrons. The lowest BCUT2D eigenvalue weighted by Gasteiger charge is -2.23. The number of methoxy groups -OCH3 is 2. The summed E-state index contributed by atoms with van der Waals surface area (Å²) < 4.78 is 20.6. The zero-order valence-electron chi connectivity index (χ0n) is 28.9. The van der Waals surface area contributed by atoms with Crippen LogP contribution in [0.3, 0.4) is 0 Å². The maximum Gasteiger partial charge on any atom is 0.302 e. The van der Waals surface area contributed by atoms with E-state index >= 15 is 0 Å². The Morgan fingerprint density at radius 1 is 0.978 bits per heavy atom. The van der Waals surface area contributed by atoms with Crippen molar-refractivity contribution in [3.8, 4) is 11.5 Å². The lowest BCUT2D eigenvalue weighted by molar-refractivity contribution is -0.140. The number of allylic oxidation sites excluding steroid dienone is 1. The quantitative estimate of drug-likeness (QED) is 0.140. The molecule has 2 aliphatic rings. The van der Waals surface area contributed by atoms with Crippen molar-refractivity contribution in [2.45, 2.75) is 111 Å². The van der Waals surface area contributed by atoms with E-state index in [2.05, 4.69) is 30.5 Å². The second-order valence-corrected chi connectivity index (χ2v) is 11.6. The van der Waals surface area contributed by atoms with Gasteiger partial charge >= 0.3 is 5.97 Å². The molecule has 0 heterocycles. The Morgan fingerprint density at radius 3 is 2.04 bits per heavy atom. The summed E-state index contributed by atoms with van der Waals surface area (Å²) in [6, 6.07) is 9.78. The fourth-order valence-corrected chi connectivity index (χ4v) is 4.58. The number of carbonyl (C=O) groups excluding carboxylic acids is 2. The molecule has 0 saturated heterocycles. The van der Waals surface area contributed by atoms with Crippen molar-refractivity contribution >= 4 is 29.2 Å². The van der Waals surface area contributed by atoms with E-state index in [4.69, 9.17) is 25.8 Å². The fourth-order valence-electron chi connectivity index (χ4n) is 4.34. The number of rotatable bonds is 12. The van der Waals surface area contributed by atoms with Crippen molar-refractivity contribution in [3.05, 3.63) is 64.4 Å². The average Bonchev–Trinajstić information content (AvgIpc) is 3.82. The Bertz CT molecular complexity index is 1190. The first-order valence-corrected chi connectivity index (χ1v) is 16.7. The zero-order valence-corrected chi connectivity index (χ0v) is 29.6. The summed E-state index contributed by atoms with van der Waals surface area (Å²) in [5, 5.41) is 3.81. The zero-order chi connectivity index (χ0) is 33.8. The van der Waals surface area contributed by atoms with Crippen LogP contribution >= 0.6 is 11.6 Å². The predicted molar refractivity (Wildman–Crippen MR) is 186 cm³/mol. The molecular formula is C37H56ClNO6. The van der Waals surface area contributed by atoms with Gasteiger partial charge < -0.3 is 24.3 Å². The van der Waals surface area contributed by atoms with Gasteiger partial charge in [-0.05, 0) is 68.4 Å². The van der Waals surface area contributed by atoms with Gasteiger partial charge in [0.2, 0.25) is 5.91 Å². The van der Waals surface area contributed by atoms with Crippen molar-refractivity contribution in [1.29, 1.82) is 0 Å². The topological polar surface area (TPSA) is 83.1 Å². The molecule has 2 aliphatic carbocycles. The minimum absolute atomic E-state index is 0.00489. The lowest BCUT2D eigenvalue weighted by atomic mass is 9.88. The van der Waals surface area contributed by atoms with Crippen LogP contribution in [0, 0.1) is 0 Å². The molecule has 8 heteroatoms. The van der Waals surface area contributed by atoms with E-state index in [9.17, 15) is 9.59 Å². The van der Waals surface area contributed by atoms with Gasteiger partial charge in [0.05, 0.1) is 33.2 Å². The smallest absolute Gasteiger partial charge is 0.302 e. The number of nitrogens with one attached hydrogen (secondary N) is 1. The van der Waals surface area contributed by atoms with Crippen molar-refractivity contribution in [1.82, 2.24) is 0 Å². The van der Waals surface area contributed by atoms with Crippen LogP contribution < -0.4 is 14.8 Å². The highest BCUT2D eigenvalue weighted by atomic mass is 35.5. The minimum atomic E-state index is -0.211. The number of anilines is 1. The molecule has 2 saturated carbocycles. The third kappa shape index (κ3) is 15.1. The SMILES string of the molecule is C1CCC1.C=C(C)OCCCC.CCC(=O)Nc1c(C2CC2)cc(Cl)cc1[C@H](C)c1cccc(OC)c1OC.CCOC(C)=O. The number of ether oxygens (including phenoxy) is 4. The van der Waals surface area contributed by atoms with E-state index in [0.29, 0.717) is 35.5 Å². The number of esters is 1. The molecule has 0 unspecified atom stereocenters. The summed E-state index contributed by atoms with van der Waals surface area (Å²) in [5.74, 6) is 2.44. The number of amides is 1. The number of halogens is 1. The molecule has 1 atom stereocenters. The van der Waals surface area contributed by atoms with Gasteiger partial charge in [-0.25, -0.2) is 0 Å². The molecule has 0 bridgehead atoms. The van der Waals surface area contributed by atoms with Crippen LogP contribution in [-0.4, -0.2) is 39.3 Å². The third-order valence-electron chi connectivity index (χ3n) is 7.33. The van der Waals surface area contributed by atoms with Crippen molar-refractivity contribution in [3.63, 3.8) is 0 Å². The number of benzene rings is 2. The van der Waals surface area contributed by atoms with Gasteiger partial charge in [-0.1, -0.05) is 83.2 Å². The summed E-state index contributed by atoms with van der Waals surface area (Å²) in [6.45, 7) is 16.1. The van der Waals surface area contributed by atoms with Crippen LogP contribution in [0.2, 0.25) is 5.02 Å². The first kappa shape index (κ1) is 39.8. The Labute approximate surface area is 277 Å². The van der Waals surface area contributed by atoms with E-state index in [1.807, 2.05) is 44.2 Å². The molecule has 2 aromatic rings. The number of unbranched alkanes of at least 4 members (excludes halogenated alkanes) is 1. The minimum Gasteiger partial charge on any atom is -0.499 e. The molecule has 0 spiro atoms. The van der Waals surface area contributed by atoms with Gasteiger partial charge in [-0.3, -0.25) is 9.59 Å². The molecule has 7 nitrogen and oxygen atoms in total. The van der Waals surface area contributed by atoms with E-state index in [0.717, 1.165) is 54.0 Å². The van der Waals surface area contributed by atoms with Crippen LogP contribution in [0.1, 0.15) is 128 Å². The number of carbonyl (C=O) groups is 2. The number of hydrogen-bond donors (Lipinski definition) is 1. The number of hydrogen-bond acceptors (Lipinski definition) is 6. The Morgan fingerprint density at radius 2 is 1.62 bits per heavy atom. The Kier molecular flexibility index (Phi) is 19.8. The Balaban J connectivity index is 0.000000456. The van der Waals surface area contributed by atoms with Crippen LogP contribution in [-0.2, 0) is 19.1 Å². The normalized spacial score (nSPS) is 13.4. The van der Waals surface area contributed by atoms with Gasteiger partial charge in [0.1, 0.15) is 0 Å².